The van der Waals surface area contributed by atoms with E-state index in [0.29, 0.717) is 5.82 Å². The molecule has 0 spiro atoms. The lowest BCUT2D eigenvalue weighted by molar-refractivity contribution is -0.385. The summed E-state index contributed by atoms with van der Waals surface area (Å²) in [4.78, 5) is 19.1. The van der Waals surface area contributed by atoms with Crippen molar-refractivity contribution in [1.82, 2.24) is 14.5 Å². The highest BCUT2D eigenvalue weighted by Crippen LogP contribution is 2.18. The van der Waals surface area contributed by atoms with Crippen molar-refractivity contribution in [2.45, 2.75) is 19.8 Å². The number of aryl methyl sites for hydroxylation is 3. The first-order valence-electron chi connectivity index (χ1n) is 7.81. The van der Waals surface area contributed by atoms with Crippen molar-refractivity contribution in [2.75, 3.05) is 11.9 Å². The molecule has 0 amide bonds. The molecule has 1 N–H and O–H groups in total. The molecule has 3 rings (SSSR count). The van der Waals surface area contributed by atoms with Crippen molar-refractivity contribution in [3.63, 3.8) is 0 Å². The molecule has 0 atom stereocenters. The molecule has 0 fully saturated rings. The lowest BCUT2D eigenvalue weighted by Gasteiger charge is -2.08. The molecule has 0 aliphatic heterocycles. The van der Waals surface area contributed by atoms with E-state index in [1.807, 2.05) is 32.2 Å². The van der Waals surface area contributed by atoms with Crippen LogP contribution in [0.15, 0.2) is 36.5 Å². The van der Waals surface area contributed by atoms with E-state index in [2.05, 4.69) is 25.9 Å². The molecular formula is C17H19N5O2. The monoisotopic (exact) mass is 325 g/mol. The molecule has 0 saturated heterocycles. The highest BCUT2D eigenvalue weighted by atomic mass is 16.6. The van der Waals surface area contributed by atoms with Gasteiger partial charge in [-0.15, -0.1) is 0 Å². The Balaban J connectivity index is 1.59. The van der Waals surface area contributed by atoms with Gasteiger partial charge in [-0.25, -0.2) is 9.97 Å². The van der Waals surface area contributed by atoms with Crippen LogP contribution < -0.4 is 5.32 Å². The Bertz CT molecular complexity index is 888. The standard InChI is InChI=1S/C17H19N5O2/c1-12-10-13(22(23)24)11-19-17(12)18-9-5-8-16-20-14-6-3-4-7-15(14)21(16)2/h3-4,6-7,10-11H,5,8-9H2,1-2H3,(H,18,19). The number of rotatable bonds is 6. The summed E-state index contributed by atoms with van der Waals surface area (Å²) in [5.41, 5.74) is 2.92. The highest BCUT2D eigenvalue weighted by Gasteiger charge is 2.10. The zero-order valence-corrected chi connectivity index (χ0v) is 13.7. The fourth-order valence-electron chi connectivity index (χ4n) is 2.72. The minimum Gasteiger partial charge on any atom is -0.370 e. The highest BCUT2D eigenvalue weighted by molar-refractivity contribution is 5.75. The zero-order chi connectivity index (χ0) is 17.1. The number of aromatic nitrogens is 3. The first-order chi connectivity index (χ1) is 11.6. The summed E-state index contributed by atoms with van der Waals surface area (Å²) in [6.45, 7) is 2.54. The number of nitro groups is 1. The molecule has 7 nitrogen and oxygen atoms in total. The number of nitrogens with zero attached hydrogens (tertiary/aromatic N) is 4. The SMILES string of the molecule is Cc1cc([N+](=O)[O-])cnc1NCCCc1nc2ccccc2n1C. The van der Waals surface area contributed by atoms with E-state index in [9.17, 15) is 10.1 Å². The molecule has 1 aromatic carbocycles. The van der Waals surface area contributed by atoms with Crippen LogP contribution in [-0.2, 0) is 13.5 Å². The first-order valence-corrected chi connectivity index (χ1v) is 7.81. The van der Waals surface area contributed by atoms with Gasteiger partial charge < -0.3 is 9.88 Å². The van der Waals surface area contributed by atoms with Crippen LogP contribution >= 0.6 is 0 Å². The second kappa shape index (κ2) is 6.66. The van der Waals surface area contributed by atoms with E-state index >= 15 is 0 Å². The number of hydrogen-bond donors (Lipinski definition) is 1. The third-order valence-electron chi connectivity index (χ3n) is 4.02. The Hall–Kier alpha value is -2.96. The van der Waals surface area contributed by atoms with Gasteiger partial charge in [-0.1, -0.05) is 12.1 Å². The zero-order valence-electron chi connectivity index (χ0n) is 13.7. The lowest BCUT2D eigenvalue weighted by Crippen LogP contribution is -2.08. The predicted molar refractivity (Wildman–Crippen MR) is 93.2 cm³/mol. The molecule has 0 radical (unpaired) electrons. The van der Waals surface area contributed by atoms with Gasteiger partial charge >= 0.3 is 0 Å². The number of para-hydroxylation sites is 2. The summed E-state index contributed by atoms with van der Waals surface area (Å²) in [5.74, 6) is 1.73. The van der Waals surface area contributed by atoms with Crippen LogP contribution in [0.3, 0.4) is 0 Å². The van der Waals surface area contributed by atoms with E-state index in [1.54, 1.807) is 0 Å². The third kappa shape index (κ3) is 3.19. The molecule has 0 unspecified atom stereocenters. The minimum absolute atomic E-state index is 0.0118. The Labute approximate surface area is 139 Å². The smallest absolute Gasteiger partial charge is 0.287 e. The van der Waals surface area contributed by atoms with Gasteiger partial charge in [0.05, 0.1) is 16.0 Å². The molecule has 24 heavy (non-hydrogen) atoms. The molecule has 124 valence electrons. The molecule has 0 saturated carbocycles. The number of nitrogens with one attached hydrogen (secondary N) is 1. The summed E-state index contributed by atoms with van der Waals surface area (Å²) in [6.07, 6.45) is 3.03. The maximum absolute atomic E-state index is 10.7. The van der Waals surface area contributed by atoms with E-state index in [-0.39, 0.29) is 5.69 Å². The van der Waals surface area contributed by atoms with Crippen molar-refractivity contribution in [1.29, 1.82) is 0 Å². The Morgan fingerprint density at radius 1 is 1.33 bits per heavy atom. The van der Waals surface area contributed by atoms with E-state index in [0.717, 1.165) is 41.8 Å². The van der Waals surface area contributed by atoms with Crippen LogP contribution in [0.5, 0.6) is 0 Å². The number of benzene rings is 1. The molecule has 2 heterocycles. The average molecular weight is 325 g/mol. The number of imidazole rings is 1. The molecular weight excluding hydrogens is 306 g/mol. The van der Waals surface area contributed by atoms with Gasteiger partial charge in [0.1, 0.15) is 17.8 Å². The molecule has 7 heteroatoms. The van der Waals surface area contributed by atoms with Gasteiger partial charge in [0.25, 0.3) is 5.69 Å². The molecule has 0 aliphatic carbocycles. The van der Waals surface area contributed by atoms with Gasteiger partial charge in [0.15, 0.2) is 0 Å². The van der Waals surface area contributed by atoms with Crippen molar-refractivity contribution in [3.05, 3.63) is 58.0 Å². The van der Waals surface area contributed by atoms with Gasteiger partial charge in [-0.2, -0.15) is 0 Å². The Morgan fingerprint density at radius 3 is 2.83 bits per heavy atom. The van der Waals surface area contributed by atoms with Gasteiger partial charge in [0, 0.05) is 26.1 Å². The van der Waals surface area contributed by atoms with Gasteiger partial charge in [-0.05, 0) is 31.0 Å². The Morgan fingerprint density at radius 2 is 2.12 bits per heavy atom. The van der Waals surface area contributed by atoms with Crippen LogP contribution in [-0.4, -0.2) is 26.0 Å². The second-order valence-corrected chi connectivity index (χ2v) is 5.72. The average Bonchev–Trinajstić information content (AvgIpc) is 2.89. The molecule has 3 aromatic rings. The van der Waals surface area contributed by atoms with E-state index in [1.165, 1.54) is 12.3 Å². The van der Waals surface area contributed by atoms with Crippen molar-refractivity contribution < 1.29 is 4.92 Å². The first kappa shape index (κ1) is 15.9. The minimum atomic E-state index is -0.435. The second-order valence-electron chi connectivity index (χ2n) is 5.72. The van der Waals surface area contributed by atoms with Crippen molar-refractivity contribution in [3.8, 4) is 0 Å². The fourth-order valence-corrected chi connectivity index (χ4v) is 2.72. The lowest BCUT2D eigenvalue weighted by atomic mass is 10.2. The Kier molecular flexibility index (Phi) is 4.41. The van der Waals surface area contributed by atoms with Gasteiger partial charge in [0.2, 0.25) is 0 Å². The largest absolute Gasteiger partial charge is 0.370 e. The van der Waals surface area contributed by atoms with Crippen LogP contribution in [0, 0.1) is 17.0 Å². The van der Waals surface area contributed by atoms with Crippen molar-refractivity contribution in [2.24, 2.45) is 7.05 Å². The normalized spacial score (nSPS) is 10.9. The number of fused-ring (bicyclic) bond motifs is 1. The quantitative estimate of drug-likeness (QED) is 0.427. The molecule has 0 aliphatic rings. The van der Waals surface area contributed by atoms with E-state index in [4.69, 9.17) is 0 Å². The van der Waals surface area contributed by atoms with Crippen LogP contribution in [0.4, 0.5) is 11.5 Å². The number of anilines is 1. The summed E-state index contributed by atoms with van der Waals surface area (Å²) in [5, 5.41) is 14.0. The topological polar surface area (TPSA) is 85.9 Å². The predicted octanol–water partition coefficient (Wildman–Crippen LogP) is 3.23. The maximum atomic E-state index is 10.7. The molecule has 0 bridgehead atoms. The van der Waals surface area contributed by atoms with Gasteiger partial charge in [-0.3, -0.25) is 10.1 Å². The summed E-state index contributed by atoms with van der Waals surface area (Å²) in [7, 11) is 2.03. The van der Waals surface area contributed by atoms with Crippen LogP contribution in [0.25, 0.3) is 11.0 Å². The number of pyridine rings is 1. The van der Waals surface area contributed by atoms with Crippen molar-refractivity contribution >= 4 is 22.5 Å². The van der Waals surface area contributed by atoms with Crippen LogP contribution in [0.1, 0.15) is 17.8 Å². The summed E-state index contributed by atoms with van der Waals surface area (Å²) >= 11 is 0. The molecule has 2 aromatic heterocycles. The maximum Gasteiger partial charge on any atom is 0.287 e. The third-order valence-corrected chi connectivity index (χ3v) is 4.02. The number of hydrogen-bond acceptors (Lipinski definition) is 5. The fraction of sp³-hybridized carbons (Fsp3) is 0.294. The van der Waals surface area contributed by atoms with E-state index < -0.39 is 4.92 Å². The summed E-state index contributed by atoms with van der Waals surface area (Å²) < 4.78 is 2.12. The summed E-state index contributed by atoms with van der Waals surface area (Å²) in [6, 6.07) is 9.61. The van der Waals surface area contributed by atoms with Crippen LogP contribution in [0.2, 0.25) is 0 Å².